The highest BCUT2D eigenvalue weighted by atomic mass is 16.5. The largest absolute Gasteiger partial charge is 0.493 e. The van der Waals surface area contributed by atoms with Gasteiger partial charge in [-0.25, -0.2) is 4.79 Å². The zero-order valence-electron chi connectivity index (χ0n) is 14.0. The van der Waals surface area contributed by atoms with E-state index in [0.29, 0.717) is 46.1 Å². The first-order valence-electron chi connectivity index (χ1n) is 7.70. The molecule has 0 spiro atoms. The molecule has 4 rings (SSSR count). The maximum atomic E-state index is 12.6. The first-order valence-corrected chi connectivity index (χ1v) is 7.70. The number of benzene rings is 2. The molecule has 0 aliphatic carbocycles. The molecular formula is C19H16O6. The van der Waals surface area contributed by atoms with E-state index in [1.807, 2.05) is 24.3 Å². The zero-order chi connectivity index (χ0) is 17.6. The average molecular weight is 340 g/mol. The van der Waals surface area contributed by atoms with Crippen molar-refractivity contribution in [1.29, 1.82) is 0 Å². The first-order chi connectivity index (χ1) is 12.2. The van der Waals surface area contributed by atoms with Gasteiger partial charge in [-0.1, -0.05) is 24.3 Å². The fraction of sp³-hybridized carbons (Fsp3) is 0.211. The van der Waals surface area contributed by atoms with E-state index in [9.17, 15) is 4.79 Å². The summed E-state index contributed by atoms with van der Waals surface area (Å²) in [6.45, 7) is 0.360. The number of ether oxygens (including phenoxy) is 4. The van der Waals surface area contributed by atoms with Crippen molar-refractivity contribution in [2.45, 2.75) is 6.61 Å². The van der Waals surface area contributed by atoms with Gasteiger partial charge in [0.1, 0.15) is 28.9 Å². The molecule has 6 heteroatoms. The summed E-state index contributed by atoms with van der Waals surface area (Å²) in [5.74, 6) is 1.65. The van der Waals surface area contributed by atoms with Crippen molar-refractivity contribution in [3.63, 3.8) is 0 Å². The molecule has 6 nitrogen and oxygen atoms in total. The molecule has 1 aromatic heterocycles. The van der Waals surface area contributed by atoms with E-state index in [1.54, 1.807) is 6.07 Å². The van der Waals surface area contributed by atoms with Crippen molar-refractivity contribution in [2.24, 2.45) is 0 Å². The number of rotatable bonds is 3. The summed E-state index contributed by atoms with van der Waals surface area (Å²) in [6.07, 6.45) is 0. The molecule has 0 saturated carbocycles. The summed E-state index contributed by atoms with van der Waals surface area (Å²) in [7, 11) is 4.55. The van der Waals surface area contributed by atoms with Crippen LogP contribution in [0.4, 0.5) is 0 Å². The van der Waals surface area contributed by atoms with Gasteiger partial charge in [0.05, 0.1) is 21.3 Å². The quantitative estimate of drug-likeness (QED) is 0.681. The van der Waals surface area contributed by atoms with Gasteiger partial charge in [-0.2, -0.15) is 0 Å². The first kappa shape index (κ1) is 15.4. The van der Waals surface area contributed by atoms with Gasteiger partial charge in [0.2, 0.25) is 5.75 Å². The van der Waals surface area contributed by atoms with Crippen LogP contribution in [0.1, 0.15) is 5.56 Å². The van der Waals surface area contributed by atoms with Gasteiger partial charge in [-0.15, -0.1) is 0 Å². The lowest BCUT2D eigenvalue weighted by Gasteiger charge is -2.22. The van der Waals surface area contributed by atoms with Crippen LogP contribution in [-0.2, 0) is 6.61 Å². The van der Waals surface area contributed by atoms with Gasteiger partial charge in [0, 0.05) is 6.07 Å². The average Bonchev–Trinajstić information content (AvgIpc) is 2.65. The van der Waals surface area contributed by atoms with Crippen LogP contribution in [0.2, 0.25) is 0 Å². The van der Waals surface area contributed by atoms with Crippen LogP contribution in [0.3, 0.4) is 0 Å². The van der Waals surface area contributed by atoms with E-state index in [1.165, 1.54) is 21.3 Å². The van der Waals surface area contributed by atoms with Crippen LogP contribution in [0.15, 0.2) is 39.5 Å². The molecule has 0 unspecified atom stereocenters. The lowest BCUT2D eigenvalue weighted by Crippen LogP contribution is -2.14. The van der Waals surface area contributed by atoms with E-state index >= 15 is 0 Å². The van der Waals surface area contributed by atoms with Crippen LogP contribution in [0.25, 0.3) is 22.1 Å². The van der Waals surface area contributed by atoms with Crippen LogP contribution in [0.5, 0.6) is 23.0 Å². The molecule has 2 aromatic carbocycles. The maximum Gasteiger partial charge on any atom is 0.348 e. The second-order valence-corrected chi connectivity index (χ2v) is 5.56. The molecule has 128 valence electrons. The van der Waals surface area contributed by atoms with Gasteiger partial charge >= 0.3 is 5.63 Å². The molecule has 0 bridgehead atoms. The fourth-order valence-electron chi connectivity index (χ4n) is 3.21. The van der Waals surface area contributed by atoms with Crippen molar-refractivity contribution in [2.75, 3.05) is 21.3 Å². The number of methoxy groups -OCH3 is 3. The third-order valence-corrected chi connectivity index (χ3v) is 4.31. The lowest BCUT2D eigenvalue weighted by molar-refractivity contribution is 0.298. The van der Waals surface area contributed by atoms with Crippen LogP contribution >= 0.6 is 0 Å². The fourth-order valence-corrected chi connectivity index (χ4v) is 3.21. The van der Waals surface area contributed by atoms with E-state index in [-0.39, 0.29) is 0 Å². The Labute approximate surface area is 143 Å². The summed E-state index contributed by atoms with van der Waals surface area (Å²) in [4.78, 5) is 12.6. The molecular weight excluding hydrogens is 324 g/mol. The summed E-state index contributed by atoms with van der Waals surface area (Å²) < 4.78 is 27.8. The molecule has 2 heterocycles. The highest BCUT2D eigenvalue weighted by molar-refractivity contribution is 5.99. The Kier molecular flexibility index (Phi) is 3.53. The molecule has 0 fully saturated rings. The van der Waals surface area contributed by atoms with Crippen LogP contribution in [-0.4, -0.2) is 21.3 Å². The van der Waals surface area contributed by atoms with Crippen molar-refractivity contribution in [1.82, 2.24) is 0 Å². The summed E-state index contributed by atoms with van der Waals surface area (Å²) >= 11 is 0. The Balaban J connectivity index is 2.17. The van der Waals surface area contributed by atoms with Gasteiger partial charge in [-0.05, 0) is 11.1 Å². The lowest BCUT2D eigenvalue weighted by atomic mass is 9.97. The molecule has 3 aromatic rings. The predicted molar refractivity (Wildman–Crippen MR) is 91.9 cm³/mol. The number of hydrogen-bond acceptors (Lipinski definition) is 6. The summed E-state index contributed by atoms with van der Waals surface area (Å²) in [6, 6.07) is 9.19. The topological polar surface area (TPSA) is 67.1 Å². The highest BCUT2D eigenvalue weighted by Gasteiger charge is 2.29. The van der Waals surface area contributed by atoms with Crippen molar-refractivity contribution < 1.29 is 23.4 Å². The van der Waals surface area contributed by atoms with Crippen LogP contribution < -0.4 is 24.6 Å². The van der Waals surface area contributed by atoms with Crippen LogP contribution in [0, 0.1) is 0 Å². The molecule has 0 amide bonds. The highest BCUT2D eigenvalue weighted by Crippen LogP contribution is 2.50. The van der Waals surface area contributed by atoms with Crippen molar-refractivity contribution >= 4 is 11.0 Å². The smallest absolute Gasteiger partial charge is 0.348 e. The predicted octanol–water partition coefficient (Wildman–Crippen LogP) is 3.38. The van der Waals surface area contributed by atoms with Gasteiger partial charge in [0.25, 0.3) is 0 Å². The van der Waals surface area contributed by atoms with Gasteiger partial charge in [-0.3, -0.25) is 0 Å². The molecule has 25 heavy (non-hydrogen) atoms. The van der Waals surface area contributed by atoms with Crippen molar-refractivity contribution in [3.8, 4) is 34.1 Å². The monoisotopic (exact) mass is 340 g/mol. The molecule has 0 atom stereocenters. The Bertz CT molecular complexity index is 1030. The second-order valence-electron chi connectivity index (χ2n) is 5.56. The Morgan fingerprint density at radius 3 is 2.48 bits per heavy atom. The summed E-state index contributed by atoms with van der Waals surface area (Å²) in [5, 5.41) is 0.546. The second kappa shape index (κ2) is 5.73. The van der Waals surface area contributed by atoms with Gasteiger partial charge in [0.15, 0.2) is 11.5 Å². The zero-order valence-corrected chi connectivity index (χ0v) is 14.0. The maximum absolute atomic E-state index is 12.6. The normalized spacial score (nSPS) is 12.1. The minimum Gasteiger partial charge on any atom is -0.493 e. The number of hydrogen-bond donors (Lipinski definition) is 0. The molecule has 0 radical (unpaired) electrons. The number of fused-ring (bicyclic) bond motifs is 5. The standard InChI is InChI=1S/C19H16O6/c1-21-13-8-12-15(18(23-3)16(13)22-2)17-14(19(20)25-12)11-7-5-4-6-10(11)9-24-17/h4-8H,9H2,1-3H3. The van der Waals surface area contributed by atoms with Gasteiger partial charge < -0.3 is 23.4 Å². The van der Waals surface area contributed by atoms with E-state index in [0.717, 1.165) is 11.1 Å². The third kappa shape index (κ3) is 2.14. The Hall–Kier alpha value is -3.15. The van der Waals surface area contributed by atoms with E-state index in [2.05, 4.69) is 0 Å². The third-order valence-electron chi connectivity index (χ3n) is 4.31. The van der Waals surface area contributed by atoms with E-state index in [4.69, 9.17) is 23.4 Å². The van der Waals surface area contributed by atoms with E-state index < -0.39 is 5.63 Å². The summed E-state index contributed by atoms with van der Waals surface area (Å²) in [5.41, 5.74) is 1.97. The Morgan fingerprint density at radius 2 is 1.76 bits per heavy atom. The molecule has 0 saturated heterocycles. The Morgan fingerprint density at radius 1 is 1.00 bits per heavy atom. The molecule has 1 aliphatic heterocycles. The SMILES string of the molecule is COc1cc2oc(=O)c3c(c2c(OC)c1OC)OCc1ccccc1-3. The minimum absolute atomic E-state index is 0.317. The minimum atomic E-state index is -0.469. The molecule has 1 aliphatic rings. The molecule has 0 N–H and O–H groups in total. The van der Waals surface area contributed by atoms with Crippen molar-refractivity contribution in [3.05, 3.63) is 46.3 Å².